The van der Waals surface area contributed by atoms with E-state index in [0.29, 0.717) is 6.61 Å². The van der Waals surface area contributed by atoms with E-state index in [4.69, 9.17) is 9.73 Å². The molecule has 1 aliphatic heterocycles. The number of halogens is 1. The minimum atomic E-state index is -0.0529. The Morgan fingerprint density at radius 3 is 2.62 bits per heavy atom. The van der Waals surface area contributed by atoms with Gasteiger partial charge in [0, 0.05) is 29.9 Å². The number of ether oxygens (including phenoxy) is 1. The molecule has 148 valence electrons. The van der Waals surface area contributed by atoms with E-state index in [1.54, 1.807) is 11.3 Å². The average molecular weight is 493 g/mol. The Bertz CT molecular complexity index is 567. The standard InChI is InChI=1S/C19H31N3O2S.HI/c1-5-20-18(21-14-19(3,4)16-8-7-13-25-16)22-11-9-15(10-12-22)17(23)24-6-2;/h7-8,13,15H,5-6,9-12,14H2,1-4H3,(H,20,21);1H. The molecule has 1 aromatic heterocycles. The second-order valence-electron chi connectivity index (χ2n) is 7.04. The minimum Gasteiger partial charge on any atom is -0.466 e. The molecule has 0 aromatic carbocycles. The van der Waals surface area contributed by atoms with Crippen molar-refractivity contribution < 1.29 is 9.53 Å². The first kappa shape index (κ1) is 23.2. The number of esters is 1. The summed E-state index contributed by atoms with van der Waals surface area (Å²) in [4.78, 5) is 20.4. The molecule has 0 radical (unpaired) electrons. The molecule has 1 N–H and O–H groups in total. The van der Waals surface area contributed by atoms with Crippen LogP contribution in [0.25, 0.3) is 0 Å². The number of aliphatic imine (C=N–C) groups is 1. The van der Waals surface area contributed by atoms with Crippen LogP contribution in [0.1, 0.15) is 45.4 Å². The van der Waals surface area contributed by atoms with Crippen molar-refractivity contribution in [1.29, 1.82) is 0 Å². The molecule has 1 aliphatic rings. The summed E-state index contributed by atoms with van der Waals surface area (Å²) in [5, 5.41) is 5.52. The third-order valence-corrected chi connectivity index (χ3v) is 5.80. The highest BCUT2D eigenvalue weighted by Crippen LogP contribution is 2.28. The average Bonchev–Trinajstić information content (AvgIpc) is 3.14. The van der Waals surface area contributed by atoms with Gasteiger partial charge in [-0.1, -0.05) is 19.9 Å². The predicted molar refractivity (Wildman–Crippen MR) is 120 cm³/mol. The topological polar surface area (TPSA) is 53.9 Å². The molecule has 26 heavy (non-hydrogen) atoms. The molecule has 5 nitrogen and oxygen atoms in total. The van der Waals surface area contributed by atoms with Crippen LogP contribution in [0.5, 0.6) is 0 Å². The van der Waals surface area contributed by atoms with Crippen LogP contribution in [0.2, 0.25) is 0 Å². The van der Waals surface area contributed by atoms with E-state index < -0.39 is 0 Å². The monoisotopic (exact) mass is 493 g/mol. The summed E-state index contributed by atoms with van der Waals surface area (Å²) in [6.07, 6.45) is 1.66. The van der Waals surface area contributed by atoms with Gasteiger partial charge in [0.2, 0.25) is 0 Å². The summed E-state index contributed by atoms with van der Waals surface area (Å²) in [7, 11) is 0. The Labute approximate surface area is 178 Å². The van der Waals surface area contributed by atoms with Crippen molar-refractivity contribution in [1.82, 2.24) is 10.2 Å². The first-order valence-corrected chi connectivity index (χ1v) is 10.1. The number of nitrogens with one attached hydrogen (secondary N) is 1. The van der Waals surface area contributed by atoms with Crippen molar-refractivity contribution in [3.05, 3.63) is 22.4 Å². The van der Waals surface area contributed by atoms with Gasteiger partial charge in [-0.2, -0.15) is 0 Å². The highest BCUT2D eigenvalue weighted by Gasteiger charge is 2.28. The third kappa shape index (κ3) is 6.40. The zero-order valence-electron chi connectivity index (χ0n) is 16.3. The van der Waals surface area contributed by atoms with Crippen molar-refractivity contribution in [3.63, 3.8) is 0 Å². The molecule has 0 spiro atoms. The molecule has 7 heteroatoms. The maximum absolute atomic E-state index is 11.9. The van der Waals surface area contributed by atoms with E-state index in [2.05, 4.69) is 48.5 Å². The summed E-state index contributed by atoms with van der Waals surface area (Å²) in [5.74, 6) is 0.930. The molecule has 0 atom stereocenters. The van der Waals surface area contributed by atoms with Crippen LogP contribution >= 0.6 is 35.3 Å². The molecule has 2 rings (SSSR count). The largest absolute Gasteiger partial charge is 0.466 e. The molecule has 1 aromatic rings. The number of thiophene rings is 1. The van der Waals surface area contributed by atoms with Gasteiger partial charge in [0.15, 0.2) is 5.96 Å². The second-order valence-corrected chi connectivity index (χ2v) is 7.99. The van der Waals surface area contributed by atoms with Crippen LogP contribution in [-0.2, 0) is 14.9 Å². The van der Waals surface area contributed by atoms with Gasteiger partial charge in [0.05, 0.1) is 19.1 Å². The lowest BCUT2D eigenvalue weighted by atomic mass is 9.92. The van der Waals surface area contributed by atoms with Crippen LogP contribution in [0.15, 0.2) is 22.5 Å². The van der Waals surface area contributed by atoms with Crippen LogP contribution in [-0.4, -0.2) is 49.6 Å². The molecule has 0 amide bonds. The molecule has 0 saturated carbocycles. The van der Waals surface area contributed by atoms with E-state index in [1.807, 2.05) is 6.92 Å². The van der Waals surface area contributed by atoms with Crippen LogP contribution in [0, 0.1) is 5.92 Å². The molecule has 0 unspecified atom stereocenters. The van der Waals surface area contributed by atoms with Gasteiger partial charge in [0.1, 0.15) is 0 Å². The van der Waals surface area contributed by atoms with Crippen molar-refractivity contribution in [2.75, 3.05) is 32.8 Å². The van der Waals surface area contributed by atoms with Gasteiger partial charge in [0.25, 0.3) is 0 Å². The number of hydrogen-bond donors (Lipinski definition) is 1. The number of hydrogen-bond acceptors (Lipinski definition) is 4. The van der Waals surface area contributed by atoms with Crippen molar-refractivity contribution in [2.24, 2.45) is 10.9 Å². The summed E-state index contributed by atoms with van der Waals surface area (Å²) in [6.45, 7) is 12.1. The molecule has 0 bridgehead atoms. The fourth-order valence-corrected chi connectivity index (χ4v) is 3.87. The van der Waals surface area contributed by atoms with Crippen molar-refractivity contribution in [2.45, 2.75) is 46.0 Å². The molecule has 2 heterocycles. The lowest BCUT2D eigenvalue weighted by Gasteiger charge is -2.34. The van der Waals surface area contributed by atoms with E-state index in [1.165, 1.54) is 4.88 Å². The number of carbonyl (C=O) groups excluding carboxylic acids is 1. The van der Waals surface area contributed by atoms with Gasteiger partial charge in [-0.15, -0.1) is 35.3 Å². The van der Waals surface area contributed by atoms with E-state index >= 15 is 0 Å². The Kier molecular flexibility index (Phi) is 9.92. The lowest BCUT2D eigenvalue weighted by molar-refractivity contribution is -0.149. The summed E-state index contributed by atoms with van der Waals surface area (Å²) in [6, 6.07) is 4.27. The number of piperidine rings is 1. The molecule has 1 fully saturated rings. The molecular formula is C19H32IN3O2S. The van der Waals surface area contributed by atoms with E-state index in [-0.39, 0.29) is 41.3 Å². The minimum absolute atomic E-state index is 0. The van der Waals surface area contributed by atoms with Crippen LogP contribution in [0.3, 0.4) is 0 Å². The van der Waals surface area contributed by atoms with Crippen LogP contribution < -0.4 is 5.32 Å². The number of nitrogens with zero attached hydrogens (tertiary/aromatic N) is 2. The number of likely N-dealkylation sites (tertiary alicyclic amines) is 1. The quantitative estimate of drug-likeness (QED) is 0.283. The van der Waals surface area contributed by atoms with Gasteiger partial charge < -0.3 is 15.0 Å². The number of guanidine groups is 1. The summed E-state index contributed by atoms with van der Waals surface area (Å²) >= 11 is 1.78. The van der Waals surface area contributed by atoms with Gasteiger partial charge in [-0.3, -0.25) is 9.79 Å². The Morgan fingerprint density at radius 2 is 2.08 bits per heavy atom. The predicted octanol–water partition coefficient (Wildman–Crippen LogP) is 3.88. The number of rotatable bonds is 6. The first-order valence-electron chi connectivity index (χ1n) is 9.21. The fourth-order valence-electron chi connectivity index (χ4n) is 3.03. The van der Waals surface area contributed by atoms with Crippen LogP contribution in [0.4, 0.5) is 0 Å². The smallest absolute Gasteiger partial charge is 0.309 e. The van der Waals surface area contributed by atoms with Crippen molar-refractivity contribution >= 4 is 47.2 Å². The maximum Gasteiger partial charge on any atom is 0.309 e. The Morgan fingerprint density at radius 1 is 1.38 bits per heavy atom. The maximum atomic E-state index is 11.9. The van der Waals surface area contributed by atoms with E-state index in [0.717, 1.165) is 45.0 Å². The molecular weight excluding hydrogens is 461 g/mol. The van der Waals surface area contributed by atoms with Gasteiger partial charge >= 0.3 is 5.97 Å². The Balaban J connectivity index is 0.00000338. The molecule has 1 saturated heterocycles. The zero-order valence-corrected chi connectivity index (χ0v) is 19.4. The third-order valence-electron chi connectivity index (χ3n) is 4.56. The lowest BCUT2D eigenvalue weighted by Crippen LogP contribution is -2.47. The second kappa shape index (κ2) is 11.1. The Hall–Kier alpha value is -0.830. The summed E-state index contributed by atoms with van der Waals surface area (Å²) < 4.78 is 5.16. The zero-order chi connectivity index (χ0) is 18.3. The first-order chi connectivity index (χ1) is 12.0. The number of carbonyl (C=O) groups is 1. The van der Waals surface area contributed by atoms with Crippen molar-refractivity contribution in [3.8, 4) is 0 Å². The normalized spacial score (nSPS) is 16.2. The van der Waals surface area contributed by atoms with E-state index in [9.17, 15) is 4.79 Å². The SMILES string of the molecule is CCNC(=NCC(C)(C)c1cccs1)N1CCC(C(=O)OCC)CC1.I. The highest BCUT2D eigenvalue weighted by atomic mass is 127. The molecule has 0 aliphatic carbocycles. The highest BCUT2D eigenvalue weighted by molar-refractivity contribution is 14.0. The van der Waals surface area contributed by atoms with Gasteiger partial charge in [-0.25, -0.2) is 0 Å². The summed E-state index contributed by atoms with van der Waals surface area (Å²) in [5.41, 5.74) is 0.0259. The van der Waals surface area contributed by atoms with Gasteiger partial charge in [-0.05, 0) is 38.1 Å². The fraction of sp³-hybridized carbons (Fsp3) is 0.684.